The highest BCUT2D eigenvalue weighted by Crippen LogP contribution is 2.22. The van der Waals surface area contributed by atoms with Gasteiger partial charge in [0.1, 0.15) is 6.61 Å². The average Bonchev–Trinajstić information content (AvgIpc) is 2.60. The number of nitrogens with zero attached hydrogens (tertiary/aromatic N) is 1. The molecule has 136 valence electrons. The molecule has 0 spiro atoms. The summed E-state index contributed by atoms with van der Waals surface area (Å²) in [6.45, 7) is 4.75. The van der Waals surface area contributed by atoms with Crippen LogP contribution in [0.15, 0.2) is 42.5 Å². The van der Waals surface area contributed by atoms with Crippen LogP contribution >= 0.6 is 11.6 Å². The lowest BCUT2D eigenvalue weighted by Crippen LogP contribution is -2.50. The number of rotatable bonds is 4. The number of carbonyl (C=O) groups excluding carboxylic acids is 2. The molecule has 1 heterocycles. The highest BCUT2D eigenvalue weighted by Gasteiger charge is 2.28. The van der Waals surface area contributed by atoms with Crippen molar-refractivity contribution in [3.63, 3.8) is 0 Å². The van der Waals surface area contributed by atoms with Crippen LogP contribution < -0.4 is 10.2 Å². The molecule has 6 heteroatoms. The van der Waals surface area contributed by atoms with Crippen LogP contribution in [0.2, 0.25) is 5.02 Å². The highest BCUT2D eigenvalue weighted by atomic mass is 35.5. The van der Waals surface area contributed by atoms with E-state index in [2.05, 4.69) is 11.4 Å². The second-order valence-electron chi connectivity index (χ2n) is 6.50. The van der Waals surface area contributed by atoms with E-state index < -0.39 is 0 Å². The van der Waals surface area contributed by atoms with Gasteiger partial charge in [-0.15, -0.1) is 0 Å². The first-order valence-electron chi connectivity index (χ1n) is 8.46. The van der Waals surface area contributed by atoms with Crippen LogP contribution in [0.1, 0.15) is 21.5 Å². The van der Waals surface area contributed by atoms with E-state index in [0.717, 1.165) is 16.8 Å². The van der Waals surface area contributed by atoms with Gasteiger partial charge in [-0.3, -0.25) is 9.59 Å². The van der Waals surface area contributed by atoms with Gasteiger partial charge in [0.2, 0.25) is 0 Å². The fourth-order valence-electron chi connectivity index (χ4n) is 3.01. The molecule has 1 N–H and O–H groups in total. The lowest BCUT2D eigenvalue weighted by molar-refractivity contribution is -0.129. The number of aryl methyl sites for hydroxylation is 2. The largest absolute Gasteiger partial charge is 0.365 e. The molecule has 1 atom stereocenters. The van der Waals surface area contributed by atoms with Crippen molar-refractivity contribution < 1.29 is 14.3 Å². The average molecular weight is 373 g/mol. The van der Waals surface area contributed by atoms with Crippen molar-refractivity contribution >= 4 is 29.1 Å². The Bertz CT molecular complexity index is 800. The number of nitrogens with one attached hydrogen (secondary N) is 1. The van der Waals surface area contributed by atoms with Gasteiger partial charge in [-0.1, -0.05) is 17.7 Å². The van der Waals surface area contributed by atoms with Crippen molar-refractivity contribution in [2.24, 2.45) is 0 Å². The smallest absolute Gasteiger partial charge is 0.253 e. The molecule has 2 amide bonds. The summed E-state index contributed by atoms with van der Waals surface area (Å²) in [7, 11) is 0. The summed E-state index contributed by atoms with van der Waals surface area (Å²) in [5.74, 6) is -0.268. The van der Waals surface area contributed by atoms with Gasteiger partial charge in [0.15, 0.2) is 0 Å². The first kappa shape index (κ1) is 18.4. The topological polar surface area (TPSA) is 58.6 Å². The Kier molecular flexibility index (Phi) is 5.59. The molecule has 1 unspecified atom stereocenters. The van der Waals surface area contributed by atoms with E-state index >= 15 is 0 Å². The van der Waals surface area contributed by atoms with E-state index in [1.165, 1.54) is 0 Å². The molecule has 1 fully saturated rings. The summed E-state index contributed by atoms with van der Waals surface area (Å²) in [6.07, 6.45) is -0.259. The number of hydrogen-bond donors (Lipinski definition) is 1. The molecule has 1 aliphatic heterocycles. The van der Waals surface area contributed by atoms with Crippen molar-refractivity contribution in [1.82, 2.24) is 5.32 Å². The zero-order chi connectivity index (χ0) is 18.7. The van der Waals surface area contributed by atoms with Crippen molar-refractivity contribution in [1.29, 1.82) is 0 Å². The number of morpholine rings is 1. The van der Waals surface area contributed by atoms with Gasteiger partial charge in [-0.2, -0.15) is 0 Å². The van der Waals surface area contributed by atoms with Crippen LogP contribution in [0.4, 0.5) is 5.69 Å². The van der Waals surface area contributed by atoms with Crippen molar-refractivity contribution in [3.05, 3.63) is 64.2 Å². The first-order chi connectivity index (χ1) is 12.4. The minimum atomic E-state index is -0.259. The minimum Gasteiger partial charge on any atom is -0.365 e. The molecule has 1 aliphatic rings. The minimum absolute atomic E-state index is 0.00840. The van der Waals surface area contributed by atoms with Gasteiger partial charge in [-0.05, 0) is 61.4 Å². The number of amides is 2. The van der Waals surface area contributed by atoms with Gasteiger partial charge in [0.05, 0.1) is 12.6 Å². The number of benzene rings is 2. The molecule has 3 rings (SSSR count). The Balaban J connectivity index is 1.63. The van der Waals surface area contributed by atoms with E-state index in [-0.39, 0.29) is 24.5 Å². The van der Waals surface area contributed by atoms with Crippen molar-refractivity contribution in [3.8, 4) is 0 Å². The maximum atomic E-state index is 12.3. The Morgan fingerprint density at radius 3 is 2.50 bits per heavy atom. The lowest BCUT2D eigenvalue weighted by atomic mass is 10.1. The second kappa shape index (κ2) is 7.89. The van der Waals surface area contributed by atoms with Crippen LogP contribution in [-0.2, 0) is 9.53 Å². The van der Waals surface area contributed by atoms with E-state index in [1.807, 2.05) is 26.0 Å². The van der Waals surface area contributed by atoms with Gasteiger partial charge in [0, 0.05) is 22.8 Å². The summed E-state index contributed by atoms with van der Waals surface area (Å²) < 4.78 is 5.58. The maximum absolute atomic E-state index is 12.3. The SMILES string of the molecule is Cc1cc(C)cc(N2CC(CNC(=O)c3ccc(Cl)cc3)OCC2=O)c1. The van der Waals surface area contributed by atoms with E-state index in [1.54, 1.807) is 29.2 Å². The van der Waals surface area contributed by atoms with Crippen LogP contribution in [0.3, 0.4) is 0 Å². The highest BCUT2D eigenvalue weighted by molar-refractivity contribution is 6.30. The molecule has 0 aliphatic carbocycles. The Morgan fingerprint density at radius 1 is 1.19 bits per heavy atom. The molecule has 5 nitrogen and oxygen atoms in total. The van der Waals surface area contributed by atoms with Crippen LogP contribution in [0.5, 0.6) is 0 Å². The maximum Gasteiger partial charge on any atom is 0.253 e. The molecule has 2 aromatic rings. The van der Waals surface area contributed by atoms with Crippen molar-refractivity contribution in [2.75, 3.05) is 24.6 Å². The third-order valence-electron chi connectivity index (χ3n) is 4.24. The van der Waals surface area contributed by atoms with Crippen LogP contribution in [0, 0.1) is 13.8 Å². The molecule has 0 radical (unpaired) electrons. The van der Waals surface area contributed by atoms with Gasteiger partial charge < -0.3 is 15.0 Å². The summed E-state index contributed by atoms with van der Waals surface area (Å²) in [5, 5.41) is 3.44. The third-order valence-corrected chi connectivity index (χ3v) is 4.50. The summed E-state index contributed by atoms with van der Waals surface area (Å²) in [4.78, 5) is 26.2. The number of anilines is 1. The van der Waals surface area contributed by atoms with Crippen LogP contribution in [0.25, 0.3) is 0 Å². The molecule has 26 heavy (non-hydrogen) atoms. The molecular weight excluding hydrogens is 352 g/mol. The Hall–Kier alpha value is -2.37. The Labute approximate surface area is 157 Å². The van der Waals surface area contributed by atoms with E-state index in [4.69, 9.17) is 16.3 Å². The zero-order valence-electron chi connectivity index (χ0n) is 14.8. The normalized spacial score (nSPS) is 17.3. The fourth-order valence-corrected chi connectivity index (χ4v) is 3.14. The molecule has 2 aromatic carbocycles. The predicted molar refractivity (Wildman–Crippen MR) is 102 cm³/mol. The van der Waals surface area contributed by atoms with Gasteiger partial charge in [-0.25, -0.2) is 0 Å². The van der Waals surface area contributed by atoms with E-state index in [0.29, 0.717) is 23.7 Å². The molecule has 0 saturated carbocycles. The van der Waals surface area contributed by atoms with E-state index in [9.17, 15) is 9.59 Å². The van der Waals surface area contributed by atoms with Crippen LogP contribution in [-0.4, -0.2) is 37.6 Å². The second-order valence-corrected chi connectivity index (χ2v) is 6.94. The molecular formula is C20H21ClN2O3. The molecule has 0 aromatic heterocycles. The van der Waals surface area contributed by atoms with Crippen molar-refractivity contribution in [2.45, 2.75) is 20.0 Å². The summed E-state index contributed by atoms with van der Waals surface area (Å²) in [6, 6.07) is 12.7. The quantitative estimate of drug-likeness (QED) is 0.897. The predicted octanol–water partition coefficient (Wildman–Crippen LogP) is 3.12. The number of halogens is 1. The standard InChI is InChI=1S/C20H21ClN2O3/c1-13-7-14(2)9-17(8-13)23-11-18(26-12-19(23)24)10-22-20(25)15-3-5-16(21)6-4-15/h3-9,18H,10-12H2,1-2H3,(H,22,25). The zero-order valence-corrected chi connectivity index (χ0v) is 15.5. The molecule has 1 saturated heterocycles. The lowest BCUT2D eigenvalue weighted by Gasteiger charge is -2.33. The summed E-state index contributed by atoms with van der Waals surface area (Å²) in [5.41, 5.74) is 3.61. The monoisotopic (exact) mass is 372 g/mol. The Morgan fingerprint density at radius 2 is 1.85 bits per heavy atom. The summed E-state index contributed by atoms with van der Waals surface area (Å²) >= 11 is 5.84. The molecule has 0 bridgehead atoms. The van der Waals surface area contributed by atoms with Gasteiger partial charge in [0.25, 0.3) is 11.8 Å². The first-order valence-corrected chi connectivity index (χ1v) is 8.84. The number of carbonyl (C=O) groups is 2. The van der Waals surface area contributed by atoms with Gasteiger partial charge >= 0.3 is 0 Å². The fraction of sp³-hybridized carbons (Fsp3) is 0.300. The number of ether oxygens (including phenoxy) is 1. The third kappa shape index (κ3) is 4.42. The number of hydrogen-bond acceptors (Lipinski definition) is 3.